The van der Waals surface area contributed by atoms with Gasteiger partial charge in [-0.05, 0) is 25.8 Å². The van der Waals surface area contributed by atoms with E-state index in [9.17, 15) is 14.4 Å². The molecule has 0 saturated heterocycles. The van der Waals surface area contributed by atoms with Crippen molar-refractivity contribution in [2.45, 2.75) is 25.8 Å². The van der Waals surface area contributed by atoms with Crippen molar-refractivity contribution in [3.63, 3.8) is 0 Å². The summed E-state index contributed by atoms with van der Waals surface area (Å²) in [5.41, 5.74) is 5.14. The molecule has 9 heteroatoms. The van der Waals surface area contributed by atoms with E-state index in [1.807, 2.05) is 0 Å². The molecule has 1 aromatic carbocycles. The van der Waals surface area contributed by atoms with Crippen LogP contribution in [0.4, 0.5) is 0 Å². The Labute approximate surface area is 147 Å². The third kappa shape index (κ3) is 3.80. The lowest BCUT2D eigenvalue weighted by Gasteiger charge is -2.08. The lowest BCUT2D eigenvalue weighted by atomic mass is 10.1. The van der Waals surface area contributed by atoms with Crippen LogP contribution in [-0.2, 0) is 9.59 Å². The predicted molar refractivity (Wildman–Crippen MR) is 88.5 cm³/mol. The molecule has 1 saturated carbocycles. The third-order valence-electron chi connectivity index (χ3n) is 3.63. The van der Waals surface area contributed by atoms with Gasteiger partial charge in [0.05, 0.1) is 5.02 Å². The van der Waals surface area contributed by atoms with Crippen molar-refractivity contribution >= 4 is 29.3 Å². The van der Waals surface area contributed by atoms with Gasteiger partial charge in [-0.3, -0.25) is 25.2 Å². The summed E-state index contributed by atoms with van der Waals surface area (Å²) in [6, 6.07) is 6.89. The molecule has 3 rings (SSSR count). The fourth-order valence-electron chi connectivity index (χ4n) is 2.19. The van der Waals surface area contributed by atoms with E-state index >= 15 is 0 Å². The van der Waals surface area contributed by atoms with Crippen molar-refractivity contribution < 1.29 is 18.9 Å². The molecule has 0 radical (unpaired) electrons. The van der Waals surface area contributed by atoms with Crippen molar-refractivity contribution in [3.05, 3.63) is 40.6 Å². The first kappa shape index (κ1) is 17.0. The maximum absolute atomic E-state index is 12.4. The quantitative estimate of drug-likeness (QED) is 0.563. The molecule has 0 spiro atoms. The third-order valence-corrected chi connectivity index (χ3v) is 3.96. The van der Waals surface area contributed by atoms with Gasteiger partial charge in [0.2, 0.25) is 0 Å². The number of nitrogens with zero attached hydrogens (tertiary/aromatic N) is 1. The van der Waals surface area contributed by atoms with Crippen LogP contribution in [0.25, 0.3) is 11.3 Å². The van der Waals surface area contributed by atoms with Crippen molar-refractivity contribution in [3.8, 4) is 11.3 Å². The summed E-state index contributed by atoms with van der Waals surface area (Å²) < 4.78 is 5.08. The van der Waals surface area contributed by atoms with Gasteiger partial charge >= 0.3 is 11.8 Å². The summed E-state index contributed by atoms with van der Waals surface area (Å²) in [5.74, 6) is -2.16. The largest absolute Gasteiger partial charge is 0.360 e. The molecule has 25 heavy (non-hydrogen) atoms. The average molecular weight is 363 g/mol. The maximum Gasteiger partial charge on any atom is 0.327 e. The number of amides is 3. The lowest BCUT2D eigenvalue weighted by Crippen LogP contribution is -2.49. The van der Waals surface area contributed by atoms with Crippen LogP contribution in [0.3, 0.4) is 0 Å². The number of nitrogens with one attached hydrogen (secondary N) is 3. The highest BCUT2D eigenvalue weighted by atomic mass is 35.5. The number of hydrazine groups is 1. The van der Waals surface area contributed by atoms with E-state index in [2.05, 4.69) is 21.3 Å². The Bertz CT molecular complexity index is 844. The molecule has 130 valence electrons. The van der Waals surface area contributed by atoms with Gasteiger partial charge in [-0.1, -0.05) is 35.0 Å². The molecular weight excluding hydrogens is 348 g/mol. The summed E-state index contributed by atoms with van der Waals surface area (Å²) in [6.07, 6.45) is 1.71. The standard InChI is InChI=1S/C16H15ClN4O4/c1-8-12(13(21-25-8)10-4-2-3-5-11(10)17)14(22)19-20-16(24)15(23)18-9-6-7-9/h2-5,9H,6-7H2,1H3,(H,18,23)(H,19,22)(H,20,24). The number of aromatic nitrogens is 1. The van der Waals surface area contributed by atoms with Gasteiger partial charge < -0.3 is 9.84 Å². The van der Waals surface area contributed by atoms with Crippen LogP contribution in [-0.4, -0.2) is 28.9 Å². The van der Waals surface area contributed by atoms with Crippen molar-refractivity contribution in [2.75, 3.05) is 0 Å². The molecule has 8 nitrogen and oxygen atoms in total. The molecule has 2 aromatic rings. The zero-order chi connectivity index (χ0) is 18.0. The summed E-state index contributed by atoms with van der Waals surface area (Å²) in [5, 5.41) is 6.78. The van der Waals surface area contributed by atoms with Gasteiger partial charge in [0.25, 0.3) is 5.91 Å². The van der Waals surface area contributed by atoms with E-state index in [1.54, 1.807) is 31.2 Å². The molecule has 1 aromatic heterocycles. The SMILES string of the molecule is Cc1onc(-c2ccccc2Cl)c1C(=O)NNC(=O)C(=O)NC1CC1. The summed E-state index contributed by atoms with van der Waals surface area (Å²) in [6.45, 7) is 1.56. The van der Waals surface area contributed by atoms with Crippen molar-refractivity contribution in [1.29, 1.82) is 0 Å². The van der Waals surface area contributed by atoms with Crippen LogP contribution in [0.15, 0.2) is 28.8 Å². The van der Waals surface area contributed by atoms with E-state index in [0.717, 1.165) is 12.8 Å². The van der Waals surface area contributed by atoms with Gasteiger partial charge in [-0.15, -0.1) is 0 Å². The fraction of sp³-hybridized carbons (Fsp3) is 0.250. The molecule has 3 amide bonds. The van der Waals surface area contributed by atoms with E-state index in [0.29, 0.717) is 10.6 Å². The smallest absolute Gasteiger partial charge is 0.327 e. The number of halogens is 1. The van der Waals surface area contributed by atoms with Crippen molar-refractivity contribution in [2.24, 2.45) is 0 Å². The lowest BCUT2D eigenvalue weighted by molar-refractivity contribution is -0.139. The Balaban J connectivity index is 1.72. The Hall–Kier alpha value is -2.87. The van der Waals surface area contributed by atoms with Gasteiger partial charge in [-0.25, -0.2) is 0 Å². The highest BCUT2D eigenvalue weighted by molar-refractivity contribution is 6.35. The van der Waals surface area contributed by atoms with Crippen molar-refractivity contribution in [1.82, 2.24) is 21.3 Å². The minimum Gasteiger partial charge on any atom is -0.360 e. The van der Waals surface area contributed by atoms with Crippen LogP contribution in [0.5, 0.6) is 0 Å². The van der Waals surface area contributed by atoms with Crippen LogP contribution in [0.2, 0.25) is 5.02 Å². The molecule has 1 heterocycles. The van der Waals surface area contributed by atoms with Crippen LogP contribution in [0, 0.1) is 6.92 Å². The topological polar surface area (TPSA) is 113 Å². The second-order valence-corrected chi connectivity index (χ2v) is 6.01. The highest BCUT2D eigenvalue weighted by Crippen LogP contribution is 2.30. The van der Waals surface area contributed by atoms with Gasteiger partial charge in [0.15, 0.2) is 0 Å². The summed E-state index contributed by atoms with van der Waals surface area (Å²) in [7, 11) is 0. The highest BCUT2D eigenvalue weighted by Gasteiger charge is 2.27. The number of carbonyl (C=O) groups is 3. The average Bonchev–Trinajstić information content (AvgIpc) is 3.32. The number of rotatable bonds is 3. The Kier molecular flexibility index (Phi) is 4.71. The Morgan fingerprint density at radius 2 is 1.88 bits per heavy atom. The molecular formula is C16H15ClN4O4. The molecule has 1 aliphatic rings. The molecule has 0 atom stereocenters. The number of carbonyl (C=O) groups excluding carboxylic acids is 3. The Morgan fingerprint density at radius 1 is 1.16 bits per heavy atom. The zero-order valence-electron chi connectivity index (χ0n) is 13.3. The number of hydrogen-bond donors (Lipinski definition) is 3. The minimum atomic E-state index is -0.950. The first-order valence-electron chi connectivity index (χ1n) is 7.59. The van der Waals surface area contributed by atoms with Gasteiger partial charge in [0.1, 0.15) is 17.0 Å². The fourth-order valence-corrected chi connectivity index (χ4v) is 2.41. The normalized spacial score (nSPS) is 13.2. The van der Waals surface area contributed by atoms with Crippen LogP contribution in [0.1, 0.15) is 29.0 Å². The van der Waals surface area contributed by atoms with E-state index in [4.69, 9.17) is 16.1 Å². The van der Waals surface area contributed by atoms with Gasteiger partial charge in [-0.2, -0.15) is 0 Å². The molecule has 1 fully saturated rings. The number of hydrogen-bond acceptors (Lipinski definition) is 5. The number of benzene rings is 1. The first-order chi connectivity index (χ1) is 12.0. The first-order valence-corrected chi connectivity index (χ1v) is 7.97. The zero-order valence-corrected chi connectivity index (χ0v) is 14.0. The second-order valence-electron chi connectivity index (χ2n) is 5.60. The predicted octanol–water partition coefficient (Wildman–Crippen LogP) is 1.34. The van der Waals surface area contributed by atoms with Crippen LogP contribution >= 0.6 is 11.6 Å². The molecule has 0 unspecified atom stereocenters. The summed E-state index contributed by atoms with van der Waals surface area (Å²) in [4.78, 5) is 35.6. The maximum atomic E-state index is 12.4. The molecule has 1 aliphatic carbocycles. The Morgan fingerprint density at radius 3 is 2.56 bits per heavy atom. The van der Waals surface area contributed by atoms with Gasteiger partial charge in [0, 0.05) is 11.6 Å². The monoisotopic (exact) mass is 362 g/mol. The molecule has 3 N–H and O–H groups in total. The molecule has 0 aliphatic heterocycles. The number of aryl methyl sites for hydroxylation is 1. The van der Waals surface area contributed by atoms with E-state index < -0.39 is 17.7 Å². The molecule has 0 bridgehead atoms. The minimum absolute atomic E-state index is 0.0427. The summed E-state index contributed by atoms with van der Waals surface area (Å²) >= 11 is 6.13. The second kappa shape index (κ2) is 6.94. The van der Waals surface area contributed by atoms with Crippen LogP contribution < -0.4 is 16.2 Å². The van der Waals surface area contributed by atoms with E-state index in [1.165, 1.54) is 0 Å². The van der Waals surface area contributed by atoms with E-state index in [-0.39, 0.29) is 23.1 Å².